The molecular weight excluding hydrogens is 361 g/mol. The van der Waals surface area contributed by atoms with Gasteiger partial charge in [0.05, 0.1) is 29.7 Å². The van der Waals surface area contributed by atoms with E-state index in [1.165, 1.54) is 12.1 Å². The molecule has 0 N–H and O–H groups in total. The van der Waals surface area contributed by atoms with E-state index in [1.54, 1.807) is 12.1 Å². The molecule has 0 amide bonds. The normalized spacial score (nSPS) is 15.3. The number of benzene rings is 2. The highest BCUT2D eigenvalue weighted by atomic mass is 19.4. The summed E-state index contributed by atoms with van der Waals surface area (Å²) in [5.74, 6) is -0.0136. The number of hydrogen-bond acceptors (Lipinski definition) is 5. The van der Waals surface area contributed by atoms with Crippen LogP contribution in [-0.2, 0) is 10.9 Å². The van der Waals surface area contributed by atoms with Crippen molar-refractivity contribution in [2.75, 3.05) is 31.2 Å². The third-order valence-corrected chi connectivity index (χ3v) is 4.45. The van der Waals surface area contributed by atoms with Gasteiger partial charge in [-0.2, -0.15) is 13.2 Å². The molecule has 0 saturated carbocycles. The molecule has 0 atom stereocenters. The van der Waals surface area contributed by atoms with Crippen molar-refractivity contribution in [3.8, 4) is 11.5 Å². The molecule has 1 aliphatic rings. The smallest absolute Gasteiger partial charge is 0.403 e. The van der Waals surface area contributed by atoms with Crippen molar-refractivity contribution in [1.29, 1.82) is 0 Å². The number of anilines is 1. The lowest BCUT2D eigenvalue weighted by Gasteiger charge is -2.28. The summed E-state index contributed by atoms with van der Waals surface area (Å²) in [7, 11) is 0. The largest absolute Gasteiger partial charge is 0.416 e. The van der Waals surface area contributed by atoms with E-state index in [-0.39, 0.29) is 5.89 Å². The maximum Gasteiger partial charge on any atom is 0.416 e. The van der Waals surface area contributed by atoms with Crippen LogP contribution >= 0.6 is 0 Å². The summed E-state index contributed by atoms with van der Waals surface area (Å²) in [5, 5.41) is 0.322. The van der Waals surface area contributed by atoms with E-state index in [9.17, 15) is 18.0 Å². The van der Waals surface area contributed by atoms with E-state index in [0.29, 0.717) is 29.7 Å². The molecule has 2 aromatic carbocycles. The number of ether oxygens (including phenoxy) is 1. The number of aromatic nitrogens is 1. The van der Waals surface area contributed by atoms with Gasteiger partial charge < -0.3 is 14.1 Å². The molecule has 3 aromatic rings. The summed E-state index contributed by atoms with van der Waals surface area (Å²) in [6.45, 7) is 2.72. The third-order valence-electron chi connectivity index (χ3n) is 4.45. The van der Waals surface area contributed by atoms with Crippen molar-refractivity contribution in [3.05, 3.63) is 58.4 Å². The van der Waals surface area contributed by atoms with E-state index in [0.717, 1.165) is 30.9 Å². The molecule has 0 unspecified atom stereocenters. The predicted octanol–water partition coefficient (Wildman–Crippen LogP) is 3.71. The highest BCUT2D eigenvalue weighted by molar-refractivity contribution is 5.82. The Morgan fingerprint density at radius 1 is 1.00 bits per heavy atom. The summed E-state index contributed by atoms with van der Waals surface area (Å²) >= 11 is 0. The highest BCUT2D eigenvalue weighted by Gasteiger charge is 2.30. The van der Waals surface area contributed by atoms with Crippen molar-refractivity contribution in [2.45, 2.75) is 6.18 Å². The third kappa shape index (κ3) is 3.52. The van der Waals surface area contributed by atoms with Gasteiger partial charge in [0, 0.05) is 24.3 Å². The predicted molar refractivity (Wildman–Crippen MR) is 93.7 cm³/mol. The lowest BCUT2D eigenvalue weighted by atomic mass is 10.1. The van der Waals surface area contributed by atoms with Crippen molar-refractivity contribution >= 4 is 16.6 Å². The number of rotatable bonds is 2. The van der Waals surface area contributed by atoms with Gasteiger partial charge in [0.25, 0.3) is 0 Å². The van der Waals surface area contributed by atoms with Gasteiger partial charge in [-0.3, -0.25) is 0 Å². The number of alkyl halides is 3. The maximum atomic E-state index is 12.7. The van der Waals surface area contributed by atoms with Gasteiger partial charge >= 0.3 is 11.8 Å². The molecule has 0 spiro atoms. The minimum atomic E-state index is -4.43. The lowest BCUT2D eigenvalue weighted by molar-refractivity contribution is -0.137. The topological polar surface area (TPSA) is 55.6 Å². The maximum absolute atomic E-state index is 12.7. The second-order valence-electron chi connectivity index (χ2n) is 6.18. The fourth-order valence-electron chi connectivity index (χ4n) is 3.00. The molecule has 0 aliphatic carbocycles. The summed E-state index contributed by atoms with van der Waals surface area (Å²) < 4.78 is 48.7. The fourth-order valence-corrected chi connectivity index (χ4v) is 3.00. The van der Waals surface area contributed by atoms with Crippen LogP contribution in [0.1, 0.15) is 5.56 Å². The highest BCUT2D eigenvalue weighted by Crippen LogP contribution is 2.31. The average Bonchev–Trinajstić information content (AvgIpc) is 2.67. The number of morpholine rings is 1. The first-order valence-electron chi connectivity index (χ1n) is 8.37. The molecule has 0 bridgehead atoms. The van der Waals surface area contributed by atoms with Crippen LogP contribution in [-0.4, -0.2) is 31.3 Å². The zero-order valence-electron chi connectivity index (χ0n) is 14.1. The molecule has 1 saturated heterocycles. The second-order valence-corrected chi connectivity index (χ2v) is 6.18. The van der Waals surface area contributed by atoms with Crippen molar-refractivity contribution in [2.24, 2.45) is 0 Å². The summed E-state index contributed by atoms with van der Waals surface area (Å²) in [6, 6.07) is 9.61. The summed E-state index contributed by atoms with van der Waals surface area (Å²) in [4.78, 5) is 18.7. The Morgan fingerprint density at radius 3 is 2.37 bits per heavy atom. The van der Waals surface area contributed by atoms with Gasteiger partial charge in [0.2, 0.25) is 5.89 Å². The molecule has 27 heavy (non-hydrogen) atoms. The molecule has 2 heterocycles. The van der Waals surface area contributed by atoms with E-state index in [2.05, 4.69) is 9.88 Å². The number of nitrogens with zero attached hydrogens (tertiary/aromatic N) is 2. The SMILES string of the molecule is O=c1oc(-c2ccc(C(F)(F)F)cc2)nc2cc(N3CCOCC3)ccc12. The minimum absolute atomic E-state index is 0.0136. The van der Waals surface area contributed by atoms with E-state index in [4.69, 9.17) is 9.15 Å². The quantitative estimate of drug-likeness (QED) is 0.683. The van der Waals surface area contributed by atoms with Gasteiger partial charge in [-0.15, -0.1) is 0 Å². The van der Waals surface area contributed by atoms with Crippen molar-refractivity contribution < 1.29 is 22.3 Å². The molecular formula is C19H15F3N2O3. The van der Waals surface area contributed by atoms with Gasteiger partial charge in [0.15, 0.2) is 0 Å². The van der Waals surface area contributed by atoms with Crippen molar-refractivity contribution in [3.63, 3.8) is 0 Å². The zero-order valence-corrected chi connectivity index (χ0v) is 14.1. The molecule has 0 radical (unpaired) electrons. The average molecular weight is 376 g/mol. The Balaban J connectivity index is 1.74. The Hall–Kier alpha value is -2.87. The Kier molecular flexibility index (Phi) is 4.35. The number of halogens is 3. The second kappa shape index (κ2) is 6.70. The summed E-state index contributed by atoms with van der Waals surface area (Å²) in [5.41, 5.74) is 0.290. The van der Waals surface area contributed by atoms with Crippen LogP contribution in [0.5, 0.6) is 0 Å². The zero-order chi connectivity index (χ0) is 19.0. The van der Waals surface area contributed by atoms with E-state index < -0.39 is 17.4 Å². The van der Waals surface area contributed by atoms with Crippen LogP contribution in [0.2, 0.25) is 0 Å². The molecule has 8 heteroatoms. The van der Waals surface area contributed by atoms with Gasteiger partial charge in [-0.25, -0.2) is 9.78 Å². The van der Waals surface area contributed by atoms with Gasteiger partial charge in [-0.05, 0) is 42.5 Å². The Morgan fingerprint density at radius 2 is 1.70 bits per heavy atom. The van der Waals surface area contributed by atoms with Crippen LogP contribution in [0.15, 0.2) is 51.7 Å². The van der Waals surface area contributed by atoms with Crippen LogP contribution in [0.4, 0.5) is 18.9 Å². The van der Waals surface area contributed by atoms with Crippen LogP contribution in [0, 0.1) is 0 Å². The first-order chi connectivity index (χ1) is 12.9. The standard InChI is InChI=1S/C19H15F3N2O3/c20-19(21,22)13-3-1-12(2-4-13)17-23-16-11-14(24-7-9-26-10-8-24)5-6-15(16)18(25)27-17/h1-6,11H,7-10H2. The van der Waals surface area contributed by atoms with Crippen LogP contribution < -0.4 is 10.5 Å². The Labute approximate surface area is 152 Å². The minimum Gasteiger partial charge on any atom is -0.403 e. The van der Waals surface area contributed by atoms with E-state index in [1.807, 2.05) is 6.07 Å². The van der Waals surface area contributed by atoms with Gasteiger partial charge in [-0.1, -0.05) is 0 Å². The van der Waals surface area contributed by atoms with Crippen molar-refractivity contribution in [1.82, 2.24) is 4.98 Å². The summed E-state index contributed by atoms with van der Waals surface area (Å²) in [6.07, 6.45) is -4.43. The first-order valence-corrected chi connectivity index (χ1v) is 8.37. The fraction of sp³-hybridized carbons (Fsp3) is 0.263. The van der Waals surface area contributed by atoms with Crippen LogP contribution in [0.25, 0.3) is 22.4 Å². The van der Waals surface area contributed by atoms with E-state index >= 15 is 0 Å². The molecule has 5 nitrogen and oxygen atoms in total. The number of hydrogen-bond donors (Lipinski definition) is 0. The molecule has 4 rings (SSSR count). The molecule has 140 valence electrons. The molecule has 1 aliphatic heterocycles. The van der Waals surface area contributed by atoms with Crippen LogP contribution in [0.3, 0.4) is 0 Å². The number of fused-ring (bicyclic) bond motifs is 1. The lowest BCUT2D eigenvalue weighted by Crippen LogP contribution is -2.36. The molecule has 1 fully saturated rings. The first kappa shape index (κ1) is 17.5. The molecule has 1 aromatic heterocycles. The Bertz CT molecular complexity index is 1020. The van der Waals surface area contributed by atoms with Gasteiger partial charge in [0.1, 0.15) is 0 Å². The monoisotopic (exact) mass is 376 g/mol.